The van der Waals surface area contributed by atoms with Gasteiger partial charge in [-0.1, -0.05) is 75.6 Å². The van der Waals surface area contributed by atoms with E-state index in [0.717, 1.165) is 6.42 Å². The van der Waals surface area contributed by atoms with Gasteiger partial charge in [-0.3, -0.25) is 14.1 Å². The molecule has 31 heavy (non-hydrogen) atoms. The van der Waals surface area contributed by atoms with Gasteiger partial charge in [0.2, 0.25) is 0 Å². The number of hydroxylamine groups is 2. The van der Waals surface area contributed by atoms with Crippen molar-refractivity contribution in [2.75, 3.05) is 0 Å². The smallest absolute Gasteiger partial charge is 0.330 e. The van der Waals surface area contributed by atoms with Crippen molar-refractivity contribution >= 4 is 27.9 Å². The molecule has 1 unspecified atom stereocenters. The maximum atomic E-state index is 12.1. The summed E-state index contributed by atoms with van der Waals surface area (Å²) < 4.78 is 31.3. The summed E-state index contributed by atoms with van der Waals surface area (Å²) in [4.78, 5) is 40.6. The van der Waals surface area contributed by atoms with Crippen molar-refractivity contribution in [3.63, 3.8) is 0 Å². The highest BCUT2D eigenvalue weighted by Gasteiger charge is 2.48. The van der Waals surface area contributed by atoms with Gasteiger partial charge in [0.05, 0.1) is 12.8 Å². The van der Waals surface area contributed by atoms with Crippen LogP contribution in [0.15, 0.2) is 24.3 Å². The second kappa shape index (κ2) is 10.4. The SMILES string of the molecule is O=C(Cc1ccc(CC2CCCCCCCC2)cc1)ON1C(=O)CC(S(=O)(=O)O)C1=O. The van der Waals surface area contributed by atoms with Crippen molar-refractivity contribution < 1.29 is 32.2 Å². The summed E-state index contributed by atoms with van der Waals surface area (Å²) in [6.07, 6.45) is 10.4. The van der Waals surface area contributed by atoms with Crippen molar-refractivity contribution in [1.82, 2.24) is 5.06 Å². The van der Waals surface area contributed by atoms with E-state index in [-0.39, 0.29) is 11.5 Å². The van der Waals surface area contributed by atoms with Gasteiger partial charge in [0, 0.05) is 0 Å². The molecule has 1 aliphatic heterocycles. The molecule has 3 rings (SSSR count). The first-order valence-electron chi connectivity index (χ1n) is 10.9. The Morgan fingerprint density at radius 1 is 0.968 bits per heavy atom. The number of benzene rings is 1. The summed E-state index contributed by atoms with van der Waals surface area (Å²) in [5.74, 6) is -2.42. The van der Waals surface area contributed by atoms with Gasteiger partial charge in [0.15, 0.2) is 5.25 Å². The van der Waals surface area contributed by atoms with Gasteiger partial charge >= 0.3 is 5.97 Å². The van der Waals surface area contributed by atoms with Gasteiger partial charge in [-0.25, -0.2) is 4.79 Å². The molecular weight excluding hydrogens is 422 g/mol. The van der Waals surface area contributed by atoms with Crippen LogP contribution in [0, 0.1) is 5.92 Å². The Morgan fingerprint density at radius 2 is 1.52 bits per heavy atom. The number of amides is 2. The topological polar surface area (TPSA) is 118 Å². The number of nitrogens with zero attached hydrogens (tertiary/aromatic N) is 1. The van der Waals surface area contributed by atoms with E-state index < -0.39 is 39.6 Å². The first kappa shape index (κ1) is 23.4. The second-order valence-electron chi connectivity index (χ2n) is 8.46. The van der Waals surface area contributed by atoms with Crippen molar-refractivity contribution in [2.45, 2.75) is 75.9 Å². The molecule has 2 amide bonds. The second-order valence-corrected chi connectivity index (χ2v) is 10.1. The van der Waals surface area contributed by atoms with E-state index in [4.69, 9.17) is 9.39 Å². The number of imide groups is 1. The van der Waals surface area contributed by atoms with Crippen molar-refractivity contribution in [3.8, 4) is 0 Å². The number of carbonyl (C=O) groups excluding carboxylic acids is 3. The molecule has 2 aliphatic rings. The lowest BCUT2D eigenvalue weighted by atomic mass is 9.90. The Balaban J connectivity index is 1.53. The van der Waals surface area contributed by atoms with Crippen LogP contribution in [0.5, 0.6) is 0 Å². The third-order valence-corrected chi connectivity index (χ3v) is 7.07. The highest BCUT2D eigenvalue weighted by Crippen LogP contribution is 2.25. The van der Waals surface area contributed by atoms with Crippen LogP contribution in [0.25, 0.3) is 0 Å². The standard InChI is InChI=1S/C22H29NO7S/c24-20-15-19(31(27,28)29)22(26)23(20)30-21(25)14-18-11-9-17(10-12-18)13-16-7-5-3-1-2-4-6-8-16/h9-12,16,19H,1-8,13-15H2,(H,27,28,29). The van der Waals surface area contributed by atoms with Crippen LogP contribution >= 0.6 is 0 Å². The normalized spacial score (nSPS) is 21.5. The Bertz CT molecular complexity index is 900. The predicted octanol–water partition coefficient (Wildman–Crippen LogP) is 3.00. The first-order chi connectivity index (χ1) is 14.7. The fourth-order valence-corrected chi connectivity index (χ4v) is 4.96. The summed E-state index contributed by atoms with van der Waals surface area (Å²) >= 11 is 0. The van der Waals surface area contributed by atoms with Gasteiger partial charge < -0.3 is 4.84 Å². The van der Waals surface area contributed by atoms with Gasteiger partial charge in [0.1, 0.15) is 0 Å². The Kier molecular flexibility index (Phi) is 7.83. The number of rotatable bonds is 6. The van der Waals surface area contributed by atoms with Crippen molar-refractivity contribution in [1.29, 1.82) is 0 Å². The Morgan fingerprint density at radius 3 is 2.06 bits per heavy atom. The molecule has 1 heterocycles. The Hall–Kier alpha value is -2.26. The summed E-state index contributed by atoms with van der Waals surface area (Å²) in [7, 11) is -4.74. The number of carbonyl (C=O) groups is 3. The van der Waals surface area contributed by atoms with Gasteiger partial charge in [-0.05, 0) is 23.5 Å². The lowest BCUT2D eigenvalue weighted by molar-refractivity contribution is -0.196. The van der Waals surface area contributed by atoms with Crippen molar-refractivity contribution in [2.24, 2.45) is 5.92 Å². The van der Waals surface area contributed by atoms with Crippen LogP contribution < -0.4 is 0 Å². The van der Waals surface area contributed by atoms with Crippen molar-refractivity contribution in [3.05, 3.63) is 35.4 Å². The molecule has 1 saturated carbocycles. The molecule has 9 heteroatoms. The molecule has 1 aliphatic carbocycles. The third-order valence-electron chi connectivity index (χ3n) is 5.99. The van der Waals surface area contributed by atoms with Crippen LogP contribution in [0.1, 0.15) is 68.9 Å². The molecule has 2 fully saturated rings. The zero-order valence-electron chi connectivity index (χ0n) is 17.5. The van der Waals surface area contributed by atoms with Gasteiger partial charge in [-0.15, -0.1) is 5.06 Å². The summed E-state index contributed by atoms with van der Waals surface area (Å²) in [6.45, 7) is 0. The van der Waals surface area contributed by atoms with E-state index in [2.05, 4.69) is 0 Å². The molecular formula is C22H29NO7S. The molecule has 1 aromatic rings. The van der Waals surface area contributed by atoms with Crippen LogP contribution in [0.4, 0.5) is 0 Å². The minimum atomic E-state index is -4.74. The highest BCUT2D eigenvalue weighted by molar-refractivity contribution is 7.87. The molecule has 1 N–H and O–H groups in total. The van der Waals surface area contributed by atoms with Crippen LogP contribution in [0.3, 0.4) is 0 Å². The van der Waals surface area contributed by atoms with Crippen LogP contribution in [-0.4, -0.2) is 41.1 Å². The summed E-state index contributed by atoms with van der Waals surface area (Å²) in [6, 6.07) is 7.60. The van der Waals surface area contributed by atoms with E-state index >= 15 is 0 Å². The van der Waals surface area contributed by atoms with E-state index in [1.165, 1.54) is 56.9 Å². The largest absolute Gasteiger partial charge is 0.337 e. The fraction of sp³-hybridized carbons (Fsp3) is 0.591. The predicted molar refractivity (Wildman–Crippen MR) is 112 cm³/mol. The summed E-state index contributed by atoms with van der Waals surface area (Å²) in [5.41, 5.74) is 1.87. The monoisotopic (exact) mass is 451 g/mol. The van der Waals surface area contributed by atoms with E-state index in [0.29, 0.717) is 11.5 Å². The maximum Gasteiger partial charge on any atom is 0.337 e. The highest BCUT2D eigenvalue weighted by atomic mass is 32.2. The Labute approximate surface area is 182 Å². The minimum absolute atomic E-state index is 0.131. The molecule has 8 nitrogen and oxygen atoms in total. The lowest BCUT2D eigenvalue weighted by Crippen LogP contribution is -2.37. The molecule has 0 radical (unpaired) electrons. The number of hydrogen-bond acceptors (Lipinski definition) is 6. The zero-order valence-corrected chi connectivity index (χ0v) is 18.3. The molecule has 1 atom stereocenters. The third kappa shape index (κ3) is 6.61. The molecule has 0 bridgehead atoms. The lowest BCUT2D eigenvalue weighted by Gasteiger charge is -2.16. The minimum Gasteiger partial charge on any atom is -0.330 e. The molecule has 1 saturated heterocycles. The average Bonchev–Trinajstić information content (AvgIpc) is 3.06. The van der Waals surface area contributed by atoms with E-state index in [1.807, 2.05) is 24.3 Å². The molecule has 0 aromatic heterocycles. The van der Waals surface area contributed by atoms with Crippen LogP contribution in [-0.2, 0) is 42.2 Å². The zero-order chi connectivity index (χ0) is 22.4. The fourth-order valence-electron chi connectivity index (χ4n) is 4.26. The van der Waals surface area contributed by atoms with Gasteiger partial charge in [-0.2, -0.15) is 8.42 Å². The first-order valence-corrected chi connectivity index (χ1v) is 12.4. The van der Waals surface area contributed by atoms with E-state index in [1.54, 1.807) is 0 Å². The quantitative estimate of drug-likeness (QED) is 0.522. The molecule has 1 aromatic carbocycles. The van der Waals surface area contributed by atoms with Crippen LogP contribution in [0.2, 0.25) is 0 Å². The average molecular weight is 452 g/mol. The molecule has 0 spiro atoms. The number of hydrogen-bond donors (Lipinski definition) is 1. The maximum absolute atomic E-state index is 12.1. The van der Waals surface area contributed by atoms with Gasteiger partial charge in [0.25, 0.3) is 21.9 Å². The van der Waals surface area contributed by atoms with E-state index in [9.17, 15) is 22.8 Å². The summed E-state index contributed by atoms with van der Waals surface area (Å²) in [5, 5.41) is -1.79. The molecule has 170 valence electrons.